The molecule has 2 heterocycles. The summed E-state index contributed by atoms with van der Waals surface area (Å²) in [5.41, 5.74) is 17.2. The molecule has 64 heavy (non-hydrogen) atoms. The highest BCUT2D eigenvalue weighted by Crippen LogP contribution is 2.52. The third kappa shape index (κ3) is 5.51. The number of rotatable bonds is 6. The van der Waals surface area contributed by atoms with Crippen molar-refractivity contribution < 1.29 is 0 Å². The summed E-state index contributed by atoms with van der Waals surface area (Å²) in [7, 11) is 0. The normalized spacial score (nSPS) is 13.0. The van der Waals surface area contributed by atoms with Gasteiger partial charge in [-0.15, -0.1) is 11.3 Å². The number of aromatic nitrogens is 1. The van der Waals surface area contributed by atoms with Gasteiger partial charge in [-0.2, -0.15) is 0 Å². The molecule has 2 nitrogen and oxygen atoms in total. The summed E-state index contributed by atoms with van der Waals surface area (Å²) in [6.07, 6.45) is 0. The Morgan fingerprint density at radius 1 is 0.391 bits per heavy atom. The molecule has 0 fully saturated rings. The van der Waals surface area contributed by atoms with Crippen LogP contribution >= 0.6 is 11.3 Å². The van der Waals surface area contributed by atoms with Crippen LogP contribution < -0.4 is 4.90 Å². The van der Waals surface area contributed by atoms with Crippen molar-refractivity contribution in [3.63, 3.8) is 0 Å². The molecule has 0 aliphatic heterocycles. The summed E-state index contributed by atoms with van der Waals surface area (Å²) < 4.78 is 5.04. The van der Waals surface area contributed by atoms with E-state index in [4.69, 9.17) is 0 Å². The first-order chi connectivity index (χ1) is 31.5. The van der Waals surface area contributed by atoms with Crippen molar-refractivity contribution in [2.24, 2.45) is 0 Å². The summed E-state index contributed by atoms with van der Waals surface area (Å²) in [5, 5.41) is 7.57. The van der Waals surface area contributed by atoms with Crippen molar-refractivity contribution in [2.75, 3.05) is 4.90 Å². The zero-order valence-electron chi connectivity index (χ0n) is 35.6. The average molecular weight is 835 g/mol. The lowest BCUT2D eigenvalue weighted by Crippen LogP contribution is -2.16. The second-order valence-electron chi connectivity index (χ2n) is 17.7. The minimum absolute atomic E-state index is 0.130. The van der Waals surface area contributed by atoms with Crippen LogP contribution in [0.25, 0.3) is 91.8 Å². The van der Waals surface area contributed by atoms with Gasteiger partial charge in [-0.25, -0.2) is 0 Å². The molecule has 0 N–H and O–H groups in total. The number of hydrogen-bond acceptors (Lipinski definition) is 2. The SMILES string of the molecule is CC1(C)c2ccccc2-c2ccc(N(c3ccc(-c4cccc5c4sc4ccccc45)cc3)c3ccc(-c4ccc5c(c4)c4ccccc4n5-c4ccccc4)c4ccccc34)cc21. The van der Waals surface area contributed by atoms with Crippen molar-refractivity contribution in [3.05, 3.63) is 230 Å². The maximum atomic E-state index is 2.48. The molecule has 1 aliphatic carbocycles. The Kier molecular flexibility index (Phi) is 8.16. The first kappa shape index (κ1) is 36.9. The second-order valence-corrected chi connectivity index (χ2v) is 18.7. The van der Waals surface area contributed by atoms with Crippen molar-refractivity contribution in [3.8, 4) is 39.1 Å². The van der Waals surface area contributed by atoms with Gasteiger partial charge in [-0.05, 0) is 117 Å². The van der Waals surface area contributed by atoms with Gasteiger partial charge >= 0.3 is 0 Å². The first-order valence-electron chi connectivity index (χ1n) is 22.2. The van der Waals surface area contributed by atoms with Gasteiger partial charge in [0.15, 0.2) is 0 Å². The molecule has 12 aromatic rings. The zero-order chi connectivity index (χ0) is 42.5. The molecule has 2 aromatic heterocycles. The highest BCUT2D eigenvalue weighted by atomic mass is 32.1. The Morgan fingerprint density at radius 3 is 1.88 bits per heavy atom. The molecule has 0 bridgehead atoms. The largest absolute Gasteiger partial charge is 0.310 e. The average Bonchev–Trinajstić information content (AvgIpc) is 3.97. The molecule has 0 spiro atoms. The number of para-hydroxylation sites is 2. The van der Waals surface area contributed by atoms with Gasteiger partial charge in [0.25, 0.3) is 0 Å². The van der Waals surface area contributed by atoms with E-state index in [2.05, 4.69) is 242 Å². The highest BCUT2D eigenvalue weighted by Gasteiger charge is 2.36. The van der Waals surface area contributed by atoms with E-state index in [9.17, 15) is 0 Å². The van der Waals surface area contributed by atoms with Gasteiger partial charge in [-0.1, -0.05) is 166 Å². The van der Waals surface area contributed by atoms with E-state index < -0.39 is 0 Å². The third-order valence-electron chi connectivity index (χ3n) is 13.8. The number of benzene rings is 10. The molecular formula is C61H42N2S. The van der Waals surface area contributed by atoms with Crippen molar-refractivity contribution in [1.82, 2.24) is 4.57 Å². The zero-order valence-corrected chi connectivity index (χ0v) is 36.4. The van der Waals surface area contributed by atoms with E-state index >= 15 is 0 Å². The molecule has 0 unspecified atom stereocenters. The number of hydrogen-bond donors (Lipinski definition) is 0. The molecule has 13 rings (SSSR count). The maximum absolute atomic E-state index is 2.48. The summed E-state index contributed by atoms with van der Waals surface area (Å²) in [6, 6.07) is 80.9. The quantitative estimate of drug-likeness (QED) is 0.162. The molecule has 302 valence electrons. The molecule has 0 radical (unpaired) electrons. The van der Waals surface area contributed by atoms with E-state index in [1.807, 2.05) is 11.3 Å². The maximum Gasteiger partial charge on any atom is 0.0541 e. The van der Waals surface area contributed by atoms with Crippen LogP contribution in [0.4, 0.5) is 17.1 Å². The predicted molar refractivity (Wildman–Crippen MR) is 274 cm³/mol. The minimum atomic E-state index is -0.130. The Hall–Kier alpha value is -7.72. The van der Waals surface area contributed by atoms with Gasteiger partial charge in [0.1, 0.15) is 0 Å². The lowest BCUT2D eigenvalue weighted by molar-refractivity contribution is 0.660. The molecular weight excluding hydrogens is 793 g/mol. The van der Waals surface area contributed by atoms with Crippen LogP contribution in [0.15, 0.2) is 218 Å². The predicted octanol–water partition coefficient (Wildman–Crippen LogP) is 17.4. The van der Waals surface area contributed by atoms with Crippen LogP contribution in [-0.2, 0) is 5.41 Å². The van der Waals surface area contributed by atoms with E-state index in [1.165, 1.54) is 103 Å². The van der Waals surface area contributed by atoms with Gasteiger partial charge in [0.05, 0.1) is 16.7 Å². The van der Waals surface area contributed by atoms with Crippen LogP contribution in [0.5, 0.6) is 0 Å². The van der Waals surface area contributed by atoms with Crippen LogP contribution in [0, 0.1) is 0 Å². The first-order valence-corrected chi connectivity index (χ1v) is 23.0. The van der Waals surface area contributed by atoms with Crippen LogP contribution in [0.3, 0.4) is 0 Å². The highest BCUT2D eigenvalue weighted by molar-refractivity contribution is 7.26. The fourth-order valence-electron chi connectivity index (χ4n) is 10.7. The van der Waals surface area contributed by atoms with E-state index in [0.717, 1.165) is 17.1 Å². The van der Waals surface area contributed by atoms with Crippen molar-refractivity contribution in [2.45, 2.75) is 19.3 Å². The lowest BCUT2D eigenvalue weighted by atomic mass is 9.82. The molecule has 10 aromatic carbocycles. The third-order valence-corrected chi connectivity index (χ3v) is 15.0. The molecule has 0 saturated carbocycles. The molecule has 0 atom stereocenters. The van der Waals surface area contributed by atoms with Crippen molar-refractivity contribution in [1.29, 1.82) is 0 Å². The molecule has 0 amide bonds. The van der Waals surface area contributed by atoms with Crippen LogP contribution in [-0.4, -0.2) is 4.57 Å². The van der Waals surface area contributed by atoms with E-state index in [-0.39, 0.29) is 5.41 Å². The number of thiophene rings is 1. The van der Waals surface area contributed by atoms with Gasteiger partial charge in [0, 0.05) is 58.8 Å². The van der Waals surface area contributed by atoms with Gasteiger partial charge < -0.3 is 9.47 Å². The number of anilines is 3. The second kappa shape index (κ2) is 14.2. The fraction of sp³-hybridized carbons (Fsp3) is 0.0492. The standard InChI is InChI=1S/C61H42N2S/c1-61(2)54-24-11-8-18-47(54)48-33-32-43(38-55(48)61)62(42-30-27-39(28-31-42)45-22-14-23-52-51-21-10-13-26-59(51)64-60(45)52)57-36-34-44(46-17-6-7-19-49(46)57)40-29-35-58-53(37-40)50-20-9-12-25-56(50)63(58)41-15-4-3-5-16-41/h3-38H,1-2H3. The summed E-state index contributed by atoms with van der Waals surface area (Å²) in [5.74, 6) is 0. The van der Waals surface area contributed by atoms with Crippen LogP contribution in [0.2, 0.25) is 0 Å². The van der Waals surface area contributed by atoms with Gasteiger partial charge in [0.2, 0.25) is 0 Å². The fourth-order valence-corrected chi connectivity index (χ4v) is 12.0. The Balaban J connectivity index is 0.984. The summed E-state index contributed by atoms with van der Waals surface area (Å²) in [6.45, 7) is 4.74. The lowest BCUT2D eigenvalue weighted by Gasteiger charge is -2.29. The smallest absolute Gasteiger partial charge is 0.0541 e. The Bertz CT molecular complexity index is 3810. The topological polar surface area (TPSA) is 8.17 Å². The van der Waals surface area contributed by atoms with E-state index in [0.29, 0.717) is 0 Å². The molecule has 1 aliphatic rings. The Morgan fingerprint density at radius 2 is 1.02 bits per heavy atom. The Labute approximate surface area is 376 Å². The summed E-state index contributed by atoms with van der Waals surface area (Å²) >= 11 is 1.88. The summed E-state index contributed by atoms with van der Waals surface area (Å²) in [4.78, 5) is 2.48. The monoisotopic (exact) mass is 834 g/mol. The number of fused-ring (bicyclic) bond motifs is 10. The van der Waals surface area contributed by atoms with Gasteiger partial charge in [-0.3, -0.25) is 0 Å². The van der Waals surface area contributed by atoms with E-state index in [1.54, 1.807) is 0 Å². The van der Waals surface area contributed by atoms with Crippen molar-refractivity contribution >= 4 is 81.1 Å². The van der Waals surface area contributed by atoms with Crippen LogP contribution in [0.1, 0.15) is 25.0 Å². The number of nitrogens with zero attached hydrogens (tertiary/aromatic N) is 2. The minimum Gasteiger partial charge on any atom is -0.310 e. The molecule has 3 heteroatoms. The molecule has 0 saturated heterocycles.